The predicted molar refractivity (Wildman–Crippen MR) is 65.9 cm³/mol. The molecule has 0 saturated heterocycles. The van der Waals surface area contributed by atoms with E-state index in [4.69, 9.17) is 21.4 Å². The lowest BCUT2D eigenvalue weighted by Crippen LogP contribution is -2.23. The number of carbonyl (C=O) groups is 1. The van der Waals surface area contributed by atoms with Crippen LogP contribution in [0.15, 0.2) is 18.2 Å². The van der Waals surface area contributed by atoms with Crippen molar-refractivity contribution in [3.8, 4) is 5.75 Å². The van der Waals surface area contributed by atoms with Gasteiger partial charge in [-0.15, -0.1) is 0 Å². The summed E-state index contributed by atoms with van der Waals surface area (Å²) >= 11 is 6.03. The number of benzene rings is 1. The van der Waals surface area contributed by atoms with Gasteiger partial charge in [0.15, 0.2) is 0 Å². The van der Waals surface area contributed by atoms with E-state index in [1.807, 2.05) is 18.0 Å². The van der Waals surface area contributed by atoms with Crippen molar-refractivity contribution in [2.45, 2.75) is 12.5 Å². The molecule has 92 valence electrons. The summed E-state index contributed by atoms with van der Waals surface area (Å²) in [6.07, 6.45) is 0.690. The molecule has 0 radical (unpaired) electrons. The topological polar surface area (TPSA) is 49.8 Å². The molecule has 0 bridgehead atoms. The normalized spacial score (nSPS) is 22.1. The van der Waals surface area contributed by atoms with E-state index in [1.165, 1.54) is 0 Å². The highest BCUT2D eigenvalue weighted by Gasteiger charge is 2.46. The number of anilines is 1. The fraction of sp³-hybridized carbons (Fsp3) is 0.417. The van der Waals surface area contributed by atoms with Crippen molar-refractivity contribution in [2.75, 3.05) is 19.1 Å². The second kappa shape index (κ2) is 4.45. The summed E-state index contributed by atoms with van der Waals surface area (Å²) in [5, 5.41) is 9.42. The number of ether oxygens (including phenoxy) is 1. The molecule has 0 heterocycles. The lowest BCUT2D eigenvalue weighted by atomic mass is 10.2. The second-order valence-corrected chi connectivity index (χ2v) is 4.58. The van der Waals surface area contributed by atoms with Gasteiger partial charge in [-0.05, 0) is 24.6 Å². The van der Waals surface area contributed by atoms with Gasteiger partial charge in [0.1, 0.15) is 5.75 Å². The summed E-state index contributed by atoms with van der Waals surface area (Å²) in [5.41, 5.74) is 0.907. The maximum Gasteiger partial charge on any atom is 0.308 e. The highest BCUT2D eigenvalue weighted by molar-refractivity contribution is 6.32. The molecule has 0 aliphatic heterocycles. The molecule has 1 aliphatic rings. The van der Waals surface area contributed by atoms with Crippen LogP contribution in [0.5, 0.6) is 5.75 Å². The minimum atomic E-state index is -0.735. The Morgan fingerprint density at radius 3 is 2.76 bits per heavy atom. The average Bonchev–Trinajstić information content (AvgIpc) is 3.08. The van der Waals surface area contributed by atoms with E-state index in [-0.39, 0.29) is 12.0 Å². The van der Waals surface area contributed by atoms with Crippen LogP contribution in [0.4, 0.5) is 5.69 Å². The number of hydrogen-bond acceptors (Lipinski definition) is 3. The minimum Gasteiger partial charge on any atom is -0.495 e. The standard InChI is InChI=1S/C12H14ClNO3/c1-14(10-6-8(10)12(15)16)7-3-4-11(17-2)9(13)5-7/h3-5,8,10H,6H2,1-2H3,(H,15,16). The fourth-order valence-electron chi connectivity index (χ4n) is 1.94. The Balaban J connectivity index is 2.13. The number of halogens is 1. The first-order chi connectivity index (χ1) is 8.04. The van der Waals surface area contributed by atoms with Crippen molar-refractivity contribution in [3.05, 3.63) is 23.2 Å². The zero-order chi connectivity index (χ0) is 12.6. The summed E-state index contributed by atoms with van der Waals surface area (Å²) in [4.78, 5) is 12.8. The first-order valence-electron chi connectivity index (χ1n) is 5.33. The number of carboxylic acid groups (broad SMARTS) is 1. The van der Waals surface area contributed by atoms with Crippen molar-refractivity contribution >= 4 is 23.3 Å². The average molecular weight is 256 g/mol. The second-order valence-electron chi connectivity index (χ2n) is 4.18. The molecule has 1 aliphatic carbocycles. The van der Waals surface area contributed by atoms with Gasteiger partial charge in [-0.2, -0.15) is 0 Å². The molecule has 17 heavy (non-hydrogen) atoms. The molecule has 1 saturated carbocycles. The fourth-order valence-corrected chi connectivity index (χ4v) is 2.19. The van der Waals surface area contributed by atoms with Crippen LogP contribution >= 0.6 is 11.6 Å². The van der Waals surface area contributed by atoms with Gasteiger partial charge < -0.3 is 14.7 Å². The van der Waals surface area contributed by atoms with Crippen molar-refractivity contribution < 1.29 is 14.6 Å². The molecule has 5 heteroatoms. The molecule has 0 aromatic heterocycles. The zero-order valence-electron chi connectivity index (χ0n) is 9.68. The van der Waals surface area contributed by atoms with Gasteiger partial charge in [0, 0.05) is 18.8 Å². The van der Waals surface area contributed by atoms with Gasteiger partial charge in [-0.25, -0.2) is 0 Å². The maximum absolute atomic E-state index is 10.8. The van der Waals surface area contributed by atoms with Crippen LogP contribution in [0, 0.1) is 5.92 Å². The maximum atomic E-state index is 10.8. The first-order valence-corrected chi connectivity index (χ1v) is 5.71. The third-order valence-electron chi connectivity index (χ3n) is 3.11. The number of methoxy groups -OCH3 is 1. The van der Waals surface area contributed by atoms with Gasteiger partial charge in [-0.3, -0.25) is 4.79 Å². The number of aliphatic carboxylic acids is 1. The number of nitrogens with zero attached hydrogens (tertiary/aromatic N) is 1. The van der Waals surface area contributed by atoms with Crippen LogP contribution in [-0.4, -0.2) is 31.3 Å². The summed E-state index contributed by atoms with van der Waals surface area (Å²) in [6, 6.07) is 5.52. The lowest BCUT2D eigenvalue weighted by Gasteiger charge is -2.20. The summed E-state index contributed by atoms with van der Waals surface area (Å²) in [6.45, 7) is 0. The summed E-state index contributed by atoms with van der Waals surface area (Å²) in [7, 11) is 3.44. The molecule has 2 unspecified atom stereocenters. The van der Waals surface area contributed by atoms with Crippen molar-refractivity contribution in [2.24, 2.45) is 5.92 Å². The molecule has 0 spiro atoms. The number of rotatable bonds is 4. The van der Waals surface area contributed by atoms with Gasteiger partial charge in [0.05, 0.1) is 18.1 Å². The largest absolute Gasteiger partial charge is 0.495 e. The number of carboxylic acids is 1. The molecule has 2 atom stereocenters. The molecule has 1 fully saturated rings. The smallest absolute Gasteiger partial charge is 0.308 e. The van der Waals surface area contributed by atoms with E-state index in [0.717, 1.165) is 5.69 Å². The van der Waals surface area contributed by atoms with Crippen LogP contribution in [0.3, 0.4) is 0 Å². The van der Waals surface area contributed by atoms with Crippen LogP contribution in [0.2, 0.25) is 5.02 Å². The Kier molecular flexibility index (Phi) is 3.15. The van der Waals surface area contributed by atoms with E-state index >= 15 is 0 Å². The Morgan fingerprint density at radius 2 is 2.29 bits per heavy atom. The molecule has 1 aromatic rings. The molecule has 0 amide bonds. The third-order valence-corrected chi connectivity index (χ3v) is 3.41. The van der Waals surface area contributed by atoms with Gasteiger partial charge in [0.25, 0.3) is 0 Å². The molecule has 1 N–H and O–H groups in total. The van der Waals surface area contributed by atoms with Gasteiger partial charge >= 0.3 is 5.97 Å². The molecule has 1 aromatic carbocycles. The third kappa shape index (κ3) is 2.31. The van der Waals surface area contributed by atoms with Crippen LogP contribution in [-0.2, 0) is 4.79 Å². The number of hydrogen-bond donors (Lipinski definition) is 1. The Morgan fingerprint density at radius 1 is 1.59 bits per heavy atom. The quantitative estimate of drug-likeness (QED) is 0.897. The summed E-state index contributed by atoms with van der Waals surface area (Å²) in [5.74, 6) is -0.378. The van der Waals surface area contributed by atoms with E-state index in [9.17, 15) is 4.79 Å². The highest BCUT2D eigenvalue weighted by atomic mass is 35.5. The Bertz CT molecular complexity index is 449. The lowest BCUT2D eigenvalue weighted by molar-refractivity contribution is -0.138. The van der Waals surface area contributed by atoms with E-state index in [2.05, 4.69) is 0 Å². The Labute approximate surface area is 105 Å². The molecule has 2 rings (SSSR count). The zero-order valence-corrected chi connectivity index (χ0v) is 10.4. The monoisotopic (exact) mass is 255 g/mol. The van der Waals surface area contributed by atoms with Crippen molar-refractivity contribution in [1.29, 1.82) is 0 Å². The van der Waals surface area contributed by atoms with Crippen molar-refractivity contribution in [3.63, 3.8) is 0 Å². The van der Waals surface area contributed by atoms with E-state index in [0.29, 0.717) is 17.2 Å². The van der Waals surface area contributed by atoms with Crippen molar-refractivity contribution in [1.82, 2.24) is 0 Å². The molecule has 4 nitrogen and oxygen atoms in total. The first kappa shape index (κ1) is 12.0. The van der Waals surface area contributed by atoms with Crippen LogP contribution < -0.4 is 9.64 Å². The van der Waals surface area contributed by atoms with Gasteiger partial charge in [0.2, 0.25) is 0 Å². The minimum absolute atomic E-state index is 0.0666. The van der Waals surface area contributed by atoms with Crippen LogP contribution in [0.1, 0.15) is 6.42 Å². The SMILES string of the molecule is COc1ccc(N(C)C2CC2C(=O)O)cc1Cl. The Hall–Kier alpha value is -1.42. The molecular weight excluding hydrogens is 242 g/mol. The van der Waals surface area contributed by atoms with E-state index < -0.39 is 5.97 Å². The molecular formula is C12H14ClNO3. The predicted octanol–water partition coefficient (Wildman–Crippen LogP) is 2.26. The summed E-state index contributed by atoms with van der Waals surface area (Å²) < 4.78 is 5.07. The van der Waals surface area contributed by atoms with E-state index in [1.54, 1.807) is 19.2 Å². The van der Waals surface area contributed by atoms with Gasteiger partial charge in [-0.1, -0.05) is 11.6 Å². The van der Waals surface area contributed by atoms with Crippen LogP contribution in [0.25, 0.3) is 0 Å². The highest BCUT2D eigenvalue weighted by Crippen LogP contribution is 2.39.